The summed E-state index contributed by atoms with van der Waals surface area (Å²) >= 11 is 12.0. The van der Waals surface area contributed by atoms with E-state index in [9.17, 15) is 0 Å². The van der Waals surface area contributed by atoms with Crippen molar-refractivity contribution in [3.05, 3.63) is 46.0 Å². The first kappa shape index (κ1) is 10.1. The van der Waals surface area contributed by atoms with Crippen LogP contribution in [-0.4, -0.2) is 0 Å². The fourth-order valence-electron chi connectivity index (χ4n) is 3.50. The minimum Gasteiger partial charge on any atom is -0.342 e. The fraction of sp³-hybridized carbons (Fsp3) is 0.385. The van der Waals surface area contributed by atoms with Gasteiger partial charge in [-0.05, 0) is 30.1 Å². The number of hydrogen-bond donors (Lipinski definition) is 2. The Morgan fingerprint density at radius 3 is 1.82 bits per heavy atom. The summed E-state index contributed by atoms with van der Waals surface area (Å²) in [5.41, 5.74) is 2.14. The van der Waals surface area contributed by atoms with Crippen molar-refractivity contribution in [3.8, 4) is 0 Å². The van der Waals surface area contributed by atoms with Crippen molar-refractivity contribution in [2.75, 3.05) is 0 Å². The highest BCUT2D eigenvalue weighted by Gasteiger charge is 2.44. The van der Waals surface area contributed by atoms with E-state index in [1.165, 1.54) is 6.42 Å². The van der Waals surface area contributed by atoms with Gasteiger partial charge in [-0.3, -0.25) is 0 Å². The zero-order valence-corrected chi connectivity index (χ0v) is 10.6. The molecule has 4 aliphatic rings. The Morgan fingerprint density at radius 1 is 0.882 bits per heavy atom. The molecule has 4 atom stereocenters. The number of halogens is 2. The third kappa shape index (κ3) is 1.34. The summed E-state index contributed by atoms with van der Waals surface area (Å²) in [5.74, 6) is 2.66. The first-order chi connectivity index (χ1) is 8.22. The molecule has 1 saturated carbocycles. The third-order valence-corrected chi connectivity index (χ3v) is 4.94. The summed E-state index contributed by atoms with van der Waals surface area (Å²) in [7, 11) is 0. The number of hydrogen-bond acceptors (Lipinski definition) is 2. The van der Waals surface area contributed by atoms with Gasteiger partial charge in [-0.15, -0.1) is 0 Å². The van der Waals surface area contributed by atoms with E-state index in [1.807, 2.05) is 0 Å². The van der Waals surface area contributed by atoms with Crippen LogP contribution < -0.4 is 10.6 Å². The van der Waals surface area contributed by atoms with Crippen LogP contribution in [0.4, 0.5) is 0 Å². The molecule has 1 fully saturated rings. The van der Waals surface area contributed by atoms with Crippen molar-refractivity contribution >= 4 is 23.2 Å². The van der Waals surface area contributed by atoms with E-state index in [0.29, 0.717) is 34.0 Å². The Bertz CT molecular complexity index is 472. The molecular formula is C13H12Cl2N2. The van der Waals surface area contributed by atoms with Gasteiger partial charge in [0.05, 0.1) is 11.4 Å². The molecule has 4 heteroatoms. The highest BCUT2D eigenvalue weighted by atomic mass is 35.5. The molecule has 4 rings (SSSR count). The maximum atomic E-state index is 6.00. The third-order valence-electron chi connectivity index (χ3n) is 4.27. The molecule has 0 spiro atoms. The van der Waals surface area contributed by atoms with Crippen LogP contribution in [0.25, 0.3) is 0 Å². The van der Waals surface area contributed by atoms with Crippen LogP contribution in [0.1, 0.15) is 6.42 Å². The molecule has 3 aliphatic carbocycles. The van der Waals surface area contributed by atoms with Crippen LogP contribution >= 0.6 is 23.2 Å². The average molecular weight is 267 g/mol. The smallest absolute Gasteiger partial charge is 0.142 e. The van der Waals surface area contributed by atoms with E-state index in [0.717, 1.165) is 11.4 Å². The van der Waals surface area contributed by atoms with E-state index in [2.05, 4.69) is 34.9 Å². The zero-order chi connectivity index (χ0) is 11.6. The molecule has 0 aromatic heterocycles. The van der Waals surface area contributed by atoms with Crippen molar-refractivity contribution in [1.82, 2.24) is 10.6 Å². The molecule has 2 bridgehead atoms. The second kappa shape index (κ2) is 3.33. The molecule has 4 unspecified atom stereocenters. The van der Waals surface area contributed by atoms with Gasteiger partial charge >= 0.3 is 0 Å². The summed E-state index contributed by atoms with van der Waals surface area (Å²) in [6.07, 6.45) is 10.6. The number of fused-ring (bicyclic) bond motifs is 6. The largest absolute Gasteiger partial charge is 0.342 e. The quantitative estimate of drug-likeness (QED) is 0.520. The van der Waals surface area contributed by atoms with Crippen molar-refractivity contribution in [1.29, 1.82) is 0 Å². The lowest BCUT2D eigenvalue weighted by atomic mass is 9.79. The Kier molecular flexibility index (Phi) is 1.98. The van der Waals surface area contributed by atoms with Crippen molar-refractivity contribution in [3.63, 3.8) is 0 Å². The lowest BCUT2D eigenvalue weighted by molar-refractivity contribution is 0.432. The SMILES string of the molecule is ClC1=C(Cl)NC2=CC3C4C=CC(C4)C3C=C2N1. The van der Waals surface area contributed by atoms with Crippen LogP contribution in [0.5, 0.6) is 0 Å². The Balaban J connectivity index is 1.76. The molecule has 88 valence electrons. The van der Waals surface area contributed by atoms with Crippen molar-refractivity contribution in [2.24, 2.45) is 23.7 Å². The van der Waals surface area contributed by atoms with Gasteiger partial charge in [0.2, 0.25) is 0 Å². The molecule has 0 aromatic rings. The molecule has 0 saturated heterocycles. The molecule has 0 radical (unpaired) electrons. The fourth-order valence-corrected chi connectivity index (χ4v) is 3.79. The predicted octanol–water partition coefficient (Wildman–Crippen LogP) is 3.00. The maximum Gasteiger partial charge on any atom is 0.142 e. The highest BCUT2D eigenvalue weighted by molar-refractivity contribution is 6.39. The number of allylic oxidation sites excluding steroid dienone is 4. The summed E-state index contributed by atoms with van der Waals surface area (Å²) in [6, 6.07) is 0. The van der Waals surface area contributed by atoms with E-state index in [4.69, 9.17) is 23.2 Å². The molecule has 1 heterocycles. The van der Waals surface area contributed by atoms with Gasteiger partial charge in [-0.1, -0.05) is 47.5 Å². The lowest BCUT2D eigenvalue weighted by Gasteiger charge is -2.33. The lowest BCUT2D eigenvalue weighted by Crippen LogP contribution is -2.33. The summed E-state index contributed by atoms with van der Waals surface area (Å²) in [4.78, 5) is 0. The Hall–Kier alpha value is -0.860. The van der Waals surface area contributed by atoms with Gasteiger partial charge in [0, 0.05) is 0 Å². The monoisotopic (exact) mass is 266 g/mol. The first-order valence-corrected chi connectivity index (χ1v) is 6.69. The maximum absolute atomic E-state index is 6.00. The van der Waals surface area contributed by atoms with E-state index >= 15 is 0 Å². The molecule has 0 amide bonds. The highest BCUT2D eigenvalue weighted by Crippen LogP contribution is 2.51. The van der Waals surface area contributed by atoms with Crippen LogP contribution in [0.15, 0.2) is 46.0 Å². The van der Waals surface area contributed by atoms with Crippen molar-refractivity contribution < 1.29 is 0 Å². The van der Waals surface area contributed by atoms with E-state index < -0.39 is 0 Å². The summed E-state index contributed by atoms with van der Waals surface area (Å²) < 4.78 is 0. The molecule has 17 heavy (non-hydrogen) atoms. The van der Waals surface area contributed by atoms with Crippen LogP contribution in [0.3, 0.4) is 0 Å². The van der Waals surface area contributed by atoms with Crippen LogP contribution in [0, 0.1) is 23.7 Å². The summed E-state index contributed by atoms with van der Waals surface area (Å²) in [5, 5.41) is 7.28. The van der Waals surface area contributed by atoms with Gasteiger partial charge < -0.3 is 10.6 Å². The van der Waals surface area contributed by atoms with Gasteiger partial charge in [-0.25, -0.2) is 0 Å². The normalized spacial score (nSPS) is 41.3. The average Bonchev–Trinajstić information content (AvgIpc) is 2.89. The molecule has 2 nitrogen and oxygen atoms in total. The molecule has 0 aromatic carbocycles. The van der Waals surface area contributed by atoms with Gasteiger partial charge in [0.1, 0.15) is 10.3 Å². The molecular weight excluding hydrogens is 255 g/mol. The van der Waals surface area contributed by atoms with E-state index in [-0.39, 0.29) is 0 Å². The standard InChI is InChI=1S/C13H12Cl2N2/c14-12-13(15)17-11-5-9-7-2-1-6(3-7)8(9)4-10(11)16-12/h1-2,4-9,16-17H,3H2. The van der Waals surface area contributed by atoms with Gasteiger partial charge in [0.25, 0.3) is 0 Å². The Morgan fingerprint density at radius 2 is 1.35 bits per heavy atom. The second-order valence-corrected chi connectivity index (χ2v) is 5.90. The zero-order valence-electron chi connectivity index (χ0n) is 9.08. The number of nitrogens with one attached hydrogen (secondary N) is 2. The molecule has 2 N–H and O–H groups in total. The van der Waals surface area contributed by atoms with E-state index in [1.54, 1.807) is 0 Å². The van der Waals surface area contributed by atoms with Crippen molar-refractivity contribution in [2.45, 2.75) is 6.42 Å². The second-order valence-electron chi connectivity index (χ2n) is 5.14. The summed E-state index contributed by atoms with van der Waals surface area (Å²) in [6.45, 7) is 0. The first-order valence-electron chi connectivity index (χ1n) is 5.94. The van der Waals surface area contributed by atoms with Crippen LogP contribution in [0.2, 0.25) is 0 Å². The minimum atomic E-state index is 0.479. The molecule has 1 aliphatic heterocycles. The van der Waals surface area contributed by atoms with Gasteiger partial charge in [0.15, 0.2) is 0 Å². The van der Waals surface area contributed by atoms with Gasteiger partial charge in [-0.2, -0.15) is 0 Å². The predicted molar refractivity (Wildman–Crippen MR) is 68.9 cm³/mol. The minimum absolute atomic E-state index is 0.479. The Labute approximate surface area is 110 Å². The number of rotatable bonds is 0. The van der Waals surface area contributed by atoms with Crippen LogP contribution in [-0.2, 0) is 0 Å². The topological polar surface area (TPSA) is 24.1 Å².